The molecule has 0 bridgehead atoms. The molecule has 0 aromatic heterocycles. The van der Waals surface area contributed by atoms with Gasteiger partial charge in [-0.15, -0.1) is 0 Å². The smallest absolute Gasteiger partial charge is 0.140 e. The zero-order valence-electron chi connectivity index (χ0n) is 11.4. The van der Waals surface area contributed by atoms with Crippen LogP contribution < -0.4 is 5.73 Å². The lowest BCUT2D eigenvalue weighted by atomic mass is 9.73. The van der Waals surface area contributed by atoms with Crippen molar-refractivity contribution in [1.82, 2.24) is 0 Å². The molecule has 0 saturated heterocycles. The first-order valence-electron chi connectivity index (χ1n) is 6.93. The minimum absolute atomic E-state index is 0.272. The summed E-state index contributed by atoms with van der Waals surface area (Å²) in [7, 11) is 0. The summed E-state index contributed by atoms with van der Waals surface area (Å²) in [5.41, 5.74) is 7.49. The van der Waals surface area contributed by atoms with Gasteiger partial charge in [-0.2, -0.15) is 0 Å². The number of nitrogen functional groups attached to an aromatic ring is 1. The van der Waals surface area contributed by atoms with E-state index in [2.05, 4.69) is 13.8 Å². The van der Waals surface area contributed by atoms with Gasteiger partial charge in [0.25, 0.3) is 0 Å². The van der Waals surface area contributed by atoms with E-state index in [0.717, 1.165) is 30.0 Å². The Morgan fingerprint density at radius 2 is 1.83 bits per heavy atom. The van der Waals surface area contributed by atoms with Crippen molar-refractivity contribution in [2.45, 2.75) is 39.5 Å². The Balaban J connectivity index is 1.94. The number of carbonyl (C=O) groups excluding carboxylic acids is 1. The quantitative estimate of drug-likeness (QED) is 0.829. The molecule has 1 aliphatic rings. The number of nitrogens with two attached hydrogens (primary N) is 1. The second-order valence-corrected chi connectivity index (χ2v) is 5.85. The van der Waals surface area contributed by atoms with E-state index >= 15 is 0 Å². The van der Waals surface area contributed by atoms with E-state index in [1.54, 1.807) is 0 Å². The van der Waals surface area contributed by atoms with Crippen LogP contribution in [0.1, 0.15) is 38.7 Å². The van der Waals surface area contributed by atoms with Crippen LogP contribution in [0.2, 0.25) is 0 Å². The van der Waals surface area contributed by atoms with Crippen LogP contribution >= 0.6 is 0 Å². The lowest BCUT2D eigenvalue weighted by Crippen LogP contribution is -2.27. The number of carbonyl (C=O) groups is 1. The summed E-state index contributed by atoms with van der Waals surface area (Å²) < 4.78 is 0. The molecule has 0 heterocycles. The van der Waals surface area contributed by atoms with Crippen molar-refractivity contribution in [3.05, 3.63) is 29.8 Å². The number of hydrogen-bond donors (Lipinski definition) is 1. The van der Waals surface area contributed by atoms with Crippen LogP contribution in [-0.4, -0.2) is 5.78 Å². The number of benzene rings is 1. The van der Waals surface area contributed by atoms with Gasteiger partial charge in [-0.1, -0.05) is 26.0 Å². The molecule has 1 fully saturated rings. The molecule has 0 amide bonds. The van der Waals surface area contributed by atoms with E-state index in [1.807, 2.05) is 24.3 Å². The number of Topliss-reactive ketones (excluding diaryl/α,β-unsaturated/α-hetero) is 1. The van der Waals surface area contributed by atoms with Gasteiger partial charge in [0.15, 0.2) is 0 Å². The van der Waals surface area contributed by atoms with Gasteiger partial charge in [0.1, 0.15) is 5.78 Å². The first kappa shape index (κ1) is 13.1. The second kappa shape index (κ2) is 5.55. The molecule has 2 nitrogen and oxygen atoms in total. The van der Waals surface area contributed by atoms with Gasteiger partial charge >= 0.3 is 0 Å². The van der Waals surface area contributed by atoms with Crippen molar-refractivity contribution in [1.29, 1.82) is 0 Å². The highest BCUT2D eigenvalue weighted by Gasteiger charge is 2.28. The molecule has 1 aromatic carbocycles. The van der Waals surface area contributed by atoms with Gasteiger partial charge in [0.05, 0.1) is 0 Å². The minimum Gasteiger partial charge on any atom is -0.399 e. The molecule has 3 atom stereocenters. The van der Waals surface area contributed by atoms with E-state index in [9.17, 15) is 4.79 Å². The molecule has 1 aliphatic carbocycles. The lowest BCUT2D eigenvalue weighted by molar-refractivity contribution is -0.123. The molecule has 1 saturated carbocycles. The second-order valence-electron chi connectivity index (χ2n) is 5.85. The number of hydrogen-bond acceptors (Lipinski definition) is 2. The molecule has 2 rings (SSSR count). The summed E-state index contributed by atoms with van der Waals surface area (Å²) in [5, 5.41) is 0. The third-order valence-corrected chi connectivity index (χ3v) is 4.41. The molecule has 3 unspecified atom stereocenters. The van der Waals surface area contributed by atoms with E-state index < -0.39 is 0 Å². The highest BCUT2D eigenvalue weighted by molar-refractivity contribution is 5.83. The monoisotopic (exact) mass is 245 g/mol. The van der Waals surface area contributed by atoms with Crippen LogP contribution in [-0.2, 0) is 11.2 Å². The maximum absolute atomic E-state index is 12.3. The lowest BCUT2D eigenvalue weighted by Gasteiger charge is -2.31. The van der Waals surface area contributed by atoms with Gasteiger partial charge in [0, 0.05) is 18.0 Å². The summed E-state index contributed by atoms with van der Waals surface area (Å²) in [4.78, 5) is 12.3. The molecule has 1 aromatic rings. The summed E-state index contributed by atoms with van der Waals surface area (Å²) >= 11 is 0. The first-order chi connectivity index (χ1) is 8.56. The van der Waals surface area contributed by atoms with Crippen molar-refractivity contribution in [2.75, 3.05) is 5.73 Å². The predicted molar refractivity (Wildman–Crippen MR) is 75.2 cm³/mol. The van der Waals surface area contributed by atoms with Crippen LogP contribution in [0.25, 0.3) is 0 Å². The maximum atomic E-state index is 12.3. The Morgan fingerprint density at radius 1 is 1.17 bits per heavy atom. The van der Waals surface area contributed by atoms with Crippen molar-refractivity contribution in [3.8, 4) is 0 Å². The number of ketones is 1. The molecular weight excluding hydrogens is 222 g/mol. The van der Waals surface area contributed by atoms with Crippen molar-refractivity contribution >= 4 is 11.5 Å². The SMILES string of the molecule is CC1CCC(C(=O)Cc2ccc(N)cc2)CC1C. The fourth-order valence-corrected chi connectivity index (χ4v) is 2.82. The third kappa shape index (κ3) is 3.12. The zero-order valence-corrected chi connectivity index (χ0v) is 11.4. The molecule has 0 aliphatic heterocycles. The van der Waals surface area contributed by atoms with E-state index in [4.69, 9.17) is 5.73 Å². The fraction of sp³-hybridized carbons (Fsp3) is 0.562. The summed E-state index contributed by atoms with van der Waals surface area (Å²) in [6, 6.07) is 7.66. The van der Waals surface area contributed by atoms with Crippen molar-refractivity contribution in [2.24, 2.45) is 17.8 Å². The summed E-state index contributed by atoms with van der Waals surface area (Å²) in [5.74, 6) is 2.12. The largest absolute Gasteiger partial charge is 0.399 e. The zero-order chi connectivity index (χ0) is 13.1. The van der Waals surface area contributed by atoms with Crippen LogP contribution in [0.4, 0.5) is 5.69 Å². The fourth-order valence-electron chi connectivity index (χ4n) is 2.82. The predicted octanol–water partition coefficient (Wildman–Crippen LogP) is 3.45. The standard InChI is InChI=1S/C16H23NO/c1-11-3-6-14(9-12(11)2)16(18)10-13-4-7-15(17)8-5-13/h4-5,7-8,11-12,14H,3,6,9-10,17H2,1-2H3. The molecule has 98 valence electrons. The average molecular weight is 245 g/mol. The molecular formula is C16H23NO. The summed E-state index contributed by atoms with van der Waals surface area (Å²) in [6.45, 7) is 4.57. The highest BCUT2D eigenvalue weighted by atomic mass is 16.1. The molecule has 0 radical (unpaired) electrons. The van der Waals surface area contributed by atoms with Gasteiger partial charge in [-0.05, 0) is 48.8 Å². The molecule has 0 spiro atoms. The van der Waals surface area contributed by atoms with Crippen LogP contribution in [0, 0.1) is 17.8 Å². The highest BCUT2D eigenvalue weighted by Crippen LogP contribution is 2.34. The van der Waals surface area contributed by atoms with Gasteiger partial charge in [-0.25, -0.2) is 0 Å². The van der Waals surface area contributed by atoms with Crippen LogP contribution in [0.5, 0.6) is 0 Å². The molecule has 2 heteroatoms. The van der Waals surface area contributed by atoms with Crippen LogP contribution in [0.15, 0.2) is 24.3 Å². The minimum atomic E-state index is 0.272. The Morgan fingerprint density at radius 3 is 2.44 bits per heavy atom. The van der Waals surface area contributed by atoms with Crippen molar-refractivity contribution in [3.63, 3.8) is 0 Å². The van der Waals surface area contributed by atoms with E-state index in [1.165, 1.54) is 6.42 Å². The number of anilines is 1. The van der Waals surface area contributed by atoms with Gasteiger partial charge in [0.2, 0.25) is 0 Å². The molecule has 2 N–H and O–H groups in total. The number of rotatable bonds is 3. The van der Waals surface area contributed by atoms with Crippen LogP contribution in [0.3, 0.4) is 0 Å². The van der Waals surface area contributed by atoms with E-state index in [-0.39, 0.29) is 5.92 Å². The average Bonchev–Trinajstić information content (AvgIpc) is 2.35. The van der Waals surface area contributed by atoms with Gasteiger partial charge < -0.3 is 5.73 Å². The summed E-state index contributed by atoms with van der Waals surface area (Å²) in [6.07, 6.45) is 3.89. The third-order valence-electron chi connectivity index (χ3n) is 4.41. The van der Waals surface area contributed by atoms with E-state index in [0.29, 0.717) is 18.1 Å². The Labute approximate surface area is 110 Å². The van der Waals surface area contributed by atoms with Gasteiger partial charge in [-0.3, -0.25) is 4.79 Å². The van der Waals surface area contributed by atoms with Crippen molar-refractivity contribution < 1.29 is 4.79 Å². The maximum Gasteiger partial charge on any atom is 0.140 e. The topological polar surface area (TPSA) is 43.1 Å². The normalized spacial score (nSPS) is 28.0. The Bertz CT molecular complexity index is 410. The Hall–Kier alpha value is -1.31. The Kier molecular flexibility index (Phi) is 4.05. The molecule has 18 heavy (non-hydrogen) atoms. The first-order valence-corrected chi connectivity index (χ1v) is 6.93.